The zero-order chi connectivity index (χ0) is 14.2. The number of aromatic nitrogens is 2. The summed E-state index contributed by atoms with van der Waals surface area (Å²) >= 11 is 0. The smallest absolute Gasteiger partial charge is 0.148 e. The molecule has 0 amide bonds. The van der Waals surface area contributed by atoms with E-state index in [1.807, 2.05) is 0 Å². The summed E-state index contributed by atoms with van der Waals surface area (Å²) in [5, 5.41) is 3.42. The summed E-state index contributed by atoms with van der Waals surface area (Å²) in [4.78, 5) is 11.0. The van der Waals surface area contributed by atoms with E-state index < -0.39 is 0 Å². The van der Waals surface area contributed by atoms with Crippen LogP contribution in [0.15, 0.2) is 6.33 Å². The molecule has 0 atom stereocenters. The van der Waals surface area contributed by atoms with Crippen molar-refractivity contribution in [1.82, 2.24) is 14.9 Å². The molecule has 20 heavy (non-hydrogen) atoms. The molecule has 0 radical (unpaired) electrons. The Kier molecular flexibility index (Phi) is 6.01. The Balaban J connectivity index is 1.84. The van der Waals surface area contributed by atoms with Crippen molar-refractivity contribution in [3.63, 3.8) is 0 Å². The number of nitrogens with zero attached hydrogens (tertiary/aromatic N) is 3. The lowest BCUT2D eigenvalue weighted by atomic mass is 10.1. The van der Waals surface area contributed by atoms with Crippen LogP contribution in [0.4, 0.5) is 11.6 Å². The van der Waals surface area contributed by atoms with Crippen LogP contribution >= 0.6 is 0 Å². The van der Waals surface area contributed by atoms with Gasteiger partial charge in [0.1, 0.15) is 18.0 Å². The summed E-state index contributed by atoms with van der Waals surface area (Å²) in [6.07, 6.45) is 7.37. The van der Waals surface area contributed by atoms with E-state index in [2.05, 4.69) is 32.5 Å². The maximum absolute atomic E-state index is 5.51. The van der Waals surface area contributed by atoms with Crippen LogP contribution in [0.5, 0.6) is 0 Å². The molecule has 0 aliphatic carbocycles. The third kappa shape index (κ3) is 4.05. The lowest BCUT2D eigenvalue weighted by molar-refractivity contribution is 0.337. The number of nitrogens with two attached hydrogens (primary N) is 1. The Morgan fingerprint density at radius 1 is 1.25 bits per heavy atom. The van der Waals surface area contributed by atoms with Crippen LogP contribution < -0.4 is 16.6 Å². The zero-order valence-electron chi connectivity index (χ0n) is 12.4. The molecule has 0 aromatic carbocycles. The maximum atomic E-state index is 5.51. The topological polar surface area (TPSA) is 79.1 Å². The van der Waals surface area contributed by atoms with Crippen molar-refractivity contribution >= 4 is 11.6 Å². The van der Waals surface area contributed by atoms with Crippen LogP contribution in [0.2, 0.25) is 0 Å². The quantitative estimate of drug-likeness (QED) is 0.381. The predicted octanol–water partition coefficient (Wildman–Crippen LogP) is 1.61. The van der Waals surface area contributed by atoms with Gasteiger partial charge in [0.25, 0.3) is 0 Å². The number of hydrogen-bond acceptors (Lipinski definition) is 6. The van der Waals surface area contributed by atoms with Gasteiger partial charge in [-0.05, 0) is 45.3 Å². The minimum atomic E-state index is 0.726. The van der Waals surface area contributed by atoms with Crippen molar-refractivity contribution in [3.8, 4) is 0 Å². The molecule has 6 nitrogen and oxygen atoms in total. The van der Waals surface area contributed by atoms with Crippen LogP contribution in [0.25, 0.3) is 0 Å². The average Bonchev–Trinajstić information content (AvgIpc) is 2.98. The Labute approximate surface area is 121 Å². The van der Waals surface area contributed by atoms with Crippen LogP contribution in [-0.4, -0.2) is 41.0 Å². The van der Waals surface area contributed by atoms with Crippen molar-refractivity contribution in [2.75, 3.05) is 36.9 Å². The first-order valence-corrected chi connectivity index (χ1v) is 7.62. The third-order valence-corrected chi connectivity index (χ3v) is 3.72. The molecule has 1 aromatic heterocycles. The first-order valence-electron chi connectivity index (χ1n) is 7.62. The number of likely N-dealkylation sites (tertiary alicyclic amines) is 1. The average molecular weight is 278 g/mol. The summed E-state index contributed by atoms with van der Waals surface area (Å²) in [6, 6.07) is 0. The molecular weight excluding hydrogens is 252 g/mol. The van der Waals surface area contributed by atoms with Crippen molar-refractivity contribution in [2.45, 2.75) is 39.0 Å². The molecular formula is C14H26N6. The summed E-state index contributed by atoms with van der Waals surface area (Å²) in [5.41, 5.74) is 3.74. The highest BCUT2D eigenvalue weighted by Crippen LogP contribution is 2.20. The van der Waals surface area contributed by atoms with Crippen LogP contribution in [0.3, 0.4) is 0 Å². The number of rotatable bonds is 8. The fourth-order valence-corrected chi connectivity index (χ4v) is 2.69. The second-order valence-electron chi connectivity index (χ2n) is 5.27. The van der Waals surface area contributed by atoms with Gasteiger partial charge in [0.2, 0.25) is 0 Å². The van der Waals surface area contributed by atoms with Crippen molar-refractivity contribution in [1.29, 1.82) is 0 Å². The number of hydrogen-bond donors (Lipinski definition) is 3. The molecule has 6 heteroatoms. The molecule has 0 unspecified atom stereocenters. The number of anilines is 2. The van der Waals surface area contributed by atoms with Crippen LogP contribution in [0.1, 0.15) is 38.2 Å². The lowest BCUT2D eigenvalue weighted by Gasteiger charge is -2.16. The number of nitrogens with one attached hydrogen (secondary N) is 2. The number of nitrogen functional groups attached to an aromatic ring is 1. The highest BCUT2D eigenvalue weighted by molar-refractivity contribution is 5.56. The Morgan fingerprint density at radius 2 is 2.00 bits per heavy atom. The Bertz CT molecular complexity index is 403. The standard InChI is InChI=1S/C14H26N6/c1-2-6-12-13(17-11-18-14(12)19-15)16-7-5-10-20-8-3-4-9-20/h11H,2-10,15H2,1H3,(H2,16,17,18,19). The summed E-state index contributed by atoms with van der Waals surface area (Å²) in [7, 11) is 0. The maximum Gasteiger partial charge on any atom is 0.148 e. The van der Waals surface area contributed by atoms with Gasteiger partial charge in [-0.15, -0.1) is 0 Å². The van der Waals surface area contributed by atoms with Gasteiger partial charge in [-0.2, -0.15) is 0 Å². The van der Waals surface area contributed by atoms with Gasteiger partial charge in [-0.1, -0.05) is 13.3 Å². The number of hydrazine groups is 1. The van der Waals surface area contributed by atoms with E-state index in [0.29, 0.717) is 0 Å². The molecule has 1 aromatic rings. The molecule has 1 aliphatic rings. The molecule has 0 saturated carbocycles. The molecule has 112 valence electrons. The third-order valence-electron chi connectivity index (χ3n) is 3.72. The fourth-order valence-electron chi connectivity index (χ4n) is 2.69. The highest BCUT2D eigenvalue weighted by atomic mass is 15.3. The minimum Gasteiger partial charge on any atom is -0.370 e. The second kappa shape index (κ2) is 8.01. The normalized spacial score (nSPS) is 15.5. The minimum absolute atomic E-state index is 0.726. The van der Waals surface area contributed by atoms with Crippen molar-refractivity contribution in [3.05, 3.63) is 11.9 Å². The molecule has 0 spiro atoms. The van der Waals surface area contributed by atoms with E-state index in [1.165, 1.54) is 32.5 Å². The van der Waals surface area contributed by atoms with E-state index >= 15 is 0 Å². The molecule has 2 rings (SSSR count). The second-order valence-corrected chi connectivity index (χ2v) is 5.27. The summed E-state index contributed by atoms with van der Waals surface area (Å²) in [6.45, 7) is 6.77. The molecule has 0 bridgehead atoms. The van der Waals surface area contributed by atoms with Gasteiger partial charge in [0.15, 0.2) is 0 Å². The van der Waals surface area contributed by atoms with E-state index in [0.717, 1.165) is 43.0 Å². The molecule has 1 saturated heterocycles. The van der Waals surface area contributed by atoms with Gasteiger partial charge in [-0.3, -0.25) is 0 Å². The summed E-state index contributed by atoms with van der Waals surface area (Å²) < 4.78 is 0. The highest BCUT2D eigenvalue weighted by Gasteiger charge is 2.12. The first-order chi connectivity index (χ1) is 9.85. The predicted molar refractivity (Wildman–Crippen MR) is 82.6 cm³/mol. The van der Waals surface area contributed by atoms with Gasteiger partial charge in [0.05, 0.1) is 0 Å². The van der Waals surface area contributed by atoms with Gasteiger partial charge >= 0.3 is 0 Å². The van der Waals surface area contributed by atoms with Crippen LogP contribution in [0, 0.1) is 0 Å². The molecule has 1 fully saturated rings. The van der Waals surface area contributed by atoms with Crippen molar-refractivity contribution in [2.24, 2.45) is 5.84 Å². The largest absolute Gasteiger partial charge is 0.370 e. The Hall–Kier alpha value is -1.40. The van der Waals surface area contributed by atoms with E-state index in [4.69, 9.17) is 5.84 Å². The monoisotopic (exact) mass is 278 g/mol. The fraction of sp³-hybridized carbons (Fsp3) is 0.714. The lowest BCUT2D eigenvalue weighted by Crippen LogP contribution is -2.22. The SMILES string of the molecule is CCCc1c(NN)ncnc1NCCCN1CCCC1. The van der Waals surface area contributed by atoms with E-state index in [-0.39, 0.29) is 0 Å². The van der Waals surface area contributed by atoms with E-state index in [1.54, 1.807) is 6.33 Å². The summed E-state index contributed by atoms with van der Waals surface area (Å²) in [5.74, 6) is 7.15. The van der Waals surface area contributed by atoms with Crippen LogP contribution in [-0.2, 0) is 6.42 Å². The molecule has 4 N–H and O–H groups in total. The van der Waals surface area contributed by atoms with Crippen molar-refractivity contribution < 1.29 is 0 Å². The van der Waals surface area contributed by atoms with Gasteiger partial charge in [0, 0.05) is 12.1 Å². The van der Waals surface area contributed by atoms with Gasteiger partial charge < -0.3 is 15.6 Å². The first kappa shape index (κ1) is 15.0. The zero-order valence-corrected chi connectivity index (χ0v) is 12.4. The Morgan fingerprint density at radius 3 is 2.70 bits per heavy atom. The molecule has 2 heterocycles. The molecule has 1 aliphatic heterocycles. The van der Waals surface area contributed by atoms with Gasteiger partial charge in [-0.25, -0.2) is 15.8 Å². The van der Waals surface area contributed by atoms with E-state index in [9.17, 15) is 0 Å².